The lowest BCUT2D eigenvalue weighted by atomic mass is 10.3. The largest absolute Gasteiger partial charge is 0.461 e. The first-order valence-electron chi connectivity index (χ1n) is 4.42. The van der Waals surface area contributed by atoms with Gasteiger partial charge in [0.25, 0.3) is 0 Å². The van der Waals surface area contributed by atoms with Crippen LogP contribution in [0.25, 0.3) is 11.0 Å². The van der Waals surface area contributed by atoms with E-state index in [0.717, 1.165) is 0 Å². The molecule has 0 unspecified atom stereocenters. The molecule has 3 N–H and O–H groups in total. The Bertz CT molecular complexity index is 563. The number of imidazole rings is 1. The Morgan fingerprint density at radius 2 is 1.72 bits per heavy atom. The molecular formula is C9H7ClF5N3. The van der Waals surface area contributed by atoms with E-state index in [-0.39, 0.29) is 29.1 Å². The Morgan fingerprint density at radius 1 is 1.11 bits per heavy atom. The molecule has 3 nitrogen and oxygen atoms in total. The van der Waals surface area contributed by atoms with E-state index >= 15 is 0 Å². The normalized spacial score (nSPS) is 12.5. The molecule has 0 spiro atoms. The average molecular weight is 288 g/mol. The summed E-state index contributed by atoms with van der Waals surface area (Å²) in [6.07, 6.45) is -5.69. The zero-order chi connectivity index (χ0) is 12.8. The molecule has 0 radical (unpaired) electrons. The highest BCUT2D eigenvalue weighted by Gasteiger charge is 2.61. The van der Waals surface area contributed by atoms with Gasteiger partial charge in [-0.25, -0.2) is 4.98 Å². The van der Waals surface area contributed by atoms with Gasteiger partial charge < -0.3 is 10.7 Å². The molecule has 0 aliphatic rings. The highest BCUT2D eigenvalue weighted by Crippen LogP contribution is 2.42. The summed E-state index contributed by atoms with van der Waals surface area (Å²) in [5, 5.41) is 0. The molecule has 0 fully saturated rings. The maximum atomic E-state index is 13.0. The molecule has 18 heavy (non-hydrogen) atoms. The Hall–Kier alpha value is -1.57. The van der Waals surface area contributed by atoms with Gasteiger partial charge in [0.2, 0.25) is 0 Å². The molecule has 0 saturated heterocycles. The summed E-state index contributed by atoms with van der Waals surface area (Å²) in [6, 6.07) is 3.86. The number of H-pyrrole nitrogens is 1. The number of alkyl halides is 5. The van der Waals surface area contributed by atoms with E-state index in [1.807, 2.05) is 4.98 Å². The minimum atomic E-state index is -5.69. The second-order valence-electron chi connectivity index (χ2n) is 3.43. The molecule has 1 aromatic carbocycles. The number of hydrogen-bond donors (Lipinski definition) is 2. The van der Waals surface area contributed by atoms with Crippen molar-refractivity contribution in [2.24, 2.45) is 0 Å². The van der Waals surface area contributed by atoms with E-state index in [1.165, 1.54) is 18.2 Å². The Balaban J connectivity index is 0.00000162. The average Bonchev–Trinajstić information content (AvgIpc) is 2.58. The third-order valence-electron chi connectivity index (χ3n) is 2.16. The van der Waals surface area contributed by atoms with Crippen LogP contribution < -0.4 is 5.73 Å². The molecule has 9 heteroatoms. The van der Waals surface area contributed by atoms with Crippen molar-refractivity contribution in [2.45, 2.75) is 12.1 Å². The first-order chi connectivity index (χ1) is 7.72. The predicted octanol–water partition coefficient (Wildman–Crippen LogP) is 3.22. The van der Waals surface area contributed by atoms with Crippen LogP contribution in [0.4, 0.5) is 27.6 Å². The lowest BCUT2D eigenvalue weighted by Crippen LogP contribution is -2.34. The van der Waals surface area contributed by atoms with Crippen LogP contribution in [0.2, 0.25) is 0 Å². The number of halogens is 6. The summed E-state index contributed by atoms with van der Waals surface area (Å²) in [7, 11) is 0. The second-order valence-corrected chi connectivity index (χ2v) is 3.43. The summed E-state index contributed by atoms with van der Waals surface area (Å²) >= 11 is 0. The van der Waals surface area contributed by atoms with E-state index < -0.39 is 17.9 Å². The maximum Gasteiger partial charge on any atom is 0.461 e. The Labute approximate surface area is 104 Å². The molecule has 0 bridgehead atoms. The van der Waals surface area contributed by atoms with Gasteiger partial charge in [-0.15, -0.1) is 12.4 Å². The summed E-state index contributed by atoms with van der Waals surface area (Å²) in [5.74, 6) is -6.45. The zero-order valence-corrected chi connectivity index (χ0v) is 9.37. The summed E-state index contributed by atoms with van der Waals surface area (Å²) < 4.78 is 62.2. The third-order valence-corrected chi connectivity index (χ3v) is 2.16. The molecule has 1 aromatic heterocycles. The van der Waals surface area contributed by atoms with E-state index in [0.29, 0.717) is 0 Å². The fraction of sp³-hybridized carbons (Fsp3) is 0.222. The van der Waals surface area contributed by atoms with E-state index in [9.17, 15) is 22.0 Å². The van der Waals surface area contributed by atoms with E-state index in [4.69, 9.17) is 5.73 Å². The molecule has 100 valence electrons. The van der Waals surface area contributed by atoms with E-state index in [2.05, 4.69) is 4.98 Å². The van der Waals surface area contributed by atoms with Gasteiger partial charge >= 0.3 is 12.1 Å². The Morgan fingerprint density at radius 3 is 2.28 bits per heavy atom. The van der Waals surface area contributed by atoms with Gasteiger partial charge in [-0.05, 0) is 18.2 Å². The number of aromatic nitrogens is 2. The molecule has 0 saturated carbocycles. The van der Waals surface area contributed by atoms with Crippen molar-refractivity contribution < 1.29 is 22.0 Å². The van der Waals surface area contributed by atoms with Crippen molar-refractivity contribution in [3.63, 3.8) is 0 Å². The molecule has 0 aliphatic heterocycles. The van der Waals surface area contributed by atoms with Gasteiger partial charge in [0.15, 0.2) is 5.82 Å². The molecule has 1 heterocycles. The molecular weight excluding hydrogens is 281 g/mol. The molecule has 0 aliphatic carbocycles. The lowest BCUT2D eigenvalue weighted by Gasteiger charge is -2.16. The van der Waals surface area contributed by atoms with Crippen LogP contribution in [-0.2, 0) is 5.92 Å². The first kappa shape index (κ1) is 14.5. The van der Waals surface area contributed by atoms with Crippen molar-refractivity contribution in [3.05, 3.63) is 24.0 Å². The van der Waals surface area contributed by atoms with Crippen LogP contribution in [0.3, 0.4) is 0 Å². The van der Waals surface area contributed by atoms with Gasteiger partial charge in [-0.1, -0.05) is 0 Å². The van der Waals surface area contributed by atoms with Crippen LogP contribution in [0, 0.1) is 0 Å². The number of nitrogens with one attached hydrogen (secondary N) is 1. The van der Waals surface area contributed by atoms with Crippen molar-refractivity contribution in [3.8, 4) is 0 Å². The van der Waals surface area contributed by atoms with Crippen LogP contribution >= 0.6 is 12.4 Å². The minimum Gasteiger partial charge on any atom is -0.399 e. The summed E-state index contributed by atoms with van der Waals surface area (Å²) in [4.78, 5) is 5.13. The fourth-order valence-electron chi connectivity index (χ4n) is 1.31. The molecule has 0 amide bonds. The number of fused-ring (bicyclic) bond motifs is 1. The molecule has 2 aromatic rings. The van der Waals surface area contributed by atoms with Gasteiger partial charge in [0.1, 0.15) is 0 Å². The van der Waals surface area contributed by atoms with Gasteiger partial charge in [0.05, 0.1) is 11.0 Å². The zero-order valence-electron chi connectivity index (χ0n) is 8.55. The highest BCUT2D eigenvalue weighted by molar-refractivity contribution is 5.85. The van der Waals surface area contributed by atoms with Crippen molar-refractivity contribution >= 4 is 29.1 Å². The molecule has 2 rings (SSSR count). The van der Waals surface area contributed by atoms with Gasteiger partial charge in [0, 0.05) is 5.69 Å². The monoisotopic (exact) mass is 287 g/mol. The number of nitrogens with zero attached hydrogens (tertiary/aromatic N) is 1. The number of nitrogen functional groups attached to an aromatic ring is 1. The summed E-state index contributed by atoms with van der Waals surface area (Å²) in [6.45, 7) is 0. The van der Waals surface area contributed by atoms with Crippen molar-refractivity contribution in [2.75, 3.05) is 5.73 Å². The number of aromatic amines is 1. The maximum absolute atomic E-state index is 13.0. The Kier molecular flexibility index (Phi) is 3.44. The standard InChI is InChI=1S/C9H6F5N3.ClH/c10-8(11,9(12,13)14)7-16-5-2-1-4(15)3-6(5)17-7;/h1-3H,15H2,(H,16,17);1H. The third kappa shape index (κ3) is 2.20. The van der Waals surface area contributed by atoms with Gasteiger partial charge in [-0.3, -0.25) is 0 Å². The number of rotatable bonds is 1. The number of benzene rings is 1. The minimum absolute atomic E-state index is 0. The smallest absolute Gasteiger partial charge is 0.399 e. The topological polar surface area (TPSA) is 54.7 Å². The number of hydrogen-bond acceptors (Lipinski definition) is 2. The number of nitrogens with two attached hydrogens (primary N) is 1. The second kappa shape index (κ2) is 4.27. The molecule has 0 atom stereocenters. The van der Waals surface area contributed by atoms with Crippen molar-refractivity contribution in [1.29, 1.82) is 0 Å². The van der Waals surface area contributed by atoms with Crippen LogP contribution in [-0.4, -0.2) is 16.1 Å². The van der Waals surface area contributed by atoms with Crippen LogP contribution in [0.15, 0.2) is 18.2 Å². The highest BCUT2D eigenvalue weighted by atomic mass is 35.5. The lowest BCUT2D eigenvalue weighted by molar-refractivity contribution is -0.292. The fourth-order valence-corrected chi connectivity index (χ4v) is 1.31. The predicted molar refractivity (Wildman–Crippen MR) is 57.7 cm³/mol. The first-order valence-corrected chi connectivity index (χ1v) is 4.42. The summed E-state index contributed by atoms with van der Waals surface area (Å²) in [5.41, 5.74) is 5.64. The van der Waals surface area contributed by atoms with Gasteiger partial charge in [-0.2, -0.15) is 22.0 Å². The quantitative estimate of drug-likeness (QED) is 0.625. The number of anilines is 1. The van der Waals surface area contributed by atoms with Crippen LogP contribution in [0.1, 0.15) is 5.82 Å². The van der Waals surface area contributed by atoms with Crippen LogP contribution in [0.5, 0.6) is 0 Å². The van der Waals surface area contributed by atoms with Crippen molar-refractivity contribution in [1.82, 2.24) is 9.97 Å². The SMILES string of the molecule is Cl.Nc1ccc2nc(C(F)(F)C(F)(F)F)[nH]c2c1. The van der Waals surface area contributed by atoms with E-state index in [1.54, 1.807) is 0 Å².